The summed E-state index contributed by atoms with van der Waals surface area (Å²) in [5.74, 6) is 0. The van der Waals surface area contributed by atoms with Crippen molar-refractivity contribution in [2.45, 2.75) is 12.6 Å². The van der Waals surface area contributed by atoms with Crippen molar-refractivity contribution in [3.05, 3.63) is 56.5 Å². The van der Waals surface area contributed by atoms with Crippen molar-refractivity contribution < 1.29 is 13.2 Å². The van der Waals surface area contributed by atoms with Gasteiger partial charge >= 0.3 is 6.18 Å². The van der Waals surface area contributed by atoms with Gasteiger partial charge in [0.2, 0.25) is 0 Å². The highest BCUT2D eigenvalue weighted by atomic mass is 35.5. The minimum absolute atomic E-state index is 0.134. The summed E-state index contributed by atoms with van der Waals surface area (Å²) in [6, 6.07) is 4.52. The summed E-state index contributed by atoms with van der Waals surface area (Å²) in [5.41, 5.74) is -0.826. The Morgan fingerprint density at radius 3 is 2.35 bits per heavy atom. The lowest BCUT2D eigenvalue weighted by Crippen LogP contribution is -2.13. The lowest BCUT2D eigenvalue weighted by atomic mass is 10.0. The summed E-state index contributed by atoms with van der Waals surface area (Å²) in [7, 11) is 0. The van der Waals surface area contributed by atoms with Crippen LogP contribution in [-0.2, 0) is 12.6 Å². The Kier molecular flexibility index (Phi) is 4.42. The second-order valence-electron chi connectivity index (χ2n) is 3.90. The predicted octanol–water partition coefficient (Wildman–Crippen LogP) is 5.05. The van der Waals surface area contributed by atoms with Crippen LogP contribution >= 0.6 is 34.8 Å². The smallest absolute Gasteiger partial charge is 0.231 e. The third-order valence-corrected chi connectivity index (χ3v) is 3.46. The van der Waals surface area contributed by atoms with E-state index in [9.17, 15) is 13.2 Å². The molecule has 0 amide bonds. The third-order valence-electron chi connectivity index (χ3n) is 2.54. The summed E-state index contributed by atoms with van der Waals surface area (Å²) in [6.45, 7) is 0. The standard InChI is InChI=1S/C12H6Cl3F3N2/c13-7-2-1-6(9(14)4-7)3-8-10(12(16,17)18)19-5-20-11(8)15/h1-2,4-5H,3H2. The van der Waals surface area contributed by atoms with Gasteiger partial charge in [-0.05, 0) is 17.7 Å². The Hall–Kier alpha value is -1.04. The van der Waals surface area contributed by atoms with E-state index in [1.54, 1.807) is 0 Å². The van der Waals surface area contributed by atoms with Gasteiger partial charge in [0.1, 0.15) is 11.5 Å². The van der Waals surface area contributed by atoms with Crippen LogP contribution in [0, 0.1) is 0 Å². The molecule has 0 bridgehead atoms. The van der Waals surface area contributed by atoms with Gasteiger partial charge in [-0.25, -0.2) is 9.97 Å². The Morgan fingerprint density at radius 2 is 1.75 bits per heavy atom. The van der Waals surface area contributed by atoms with E-state index in [-0.39, 0.29) is 22.2 Å². The molecule has 0 unspecified atom stereocenters. The summed E-state index contributed by atoms with van der Waals surface area (Å²) in [4.78, 5) is 6.85. The van der Waals surface area contributed by atoms with Gasteiger partial charge in [0.15, 0.2) is 5.69 Å². The highest BCUT2D eigenvalue weighted by Gasteiger charge is 2.36. The summed E-state index contributed by atoms with van der Waals surface area (Å²) < 4.78 is 38.7. The van der Waals surface area contributed by atoms with Crippen LogP contribution in [0.5, 0.6) is 0 Å². The molecule has 1 aromatic carbocycles. The van der Waals surface area contributed by atoms with Crippen molar-refractivity contribution in [2.24, 2.45) is 0 Å². The summed E-state index contributed by atoms with van der Waals surface area (Å²) in [6.07, 6.45) is -3.97. The number of hydrogen-bond acceptors (Lipinski definition) is 2. The van der Waals surface area contributed by atoms with Crippen LogP contribution in [0.25, 0.3) is 0 Å². The zero-order valence-electron chi connectivity index (χ0n) is 9.68. The topological polar surface area (TPSA) is 25.8 Å². The quantitative estimate of drug-likeness (QED) is 0.715. The van der Waals surface area contributed by atoms with Crippen LogP contribution in [-0.4, -0.2) is 9.97 Å². The lowest BCUT2D eigenvalue weighted by molar-refractivity contribution is -0.141. The monoisotopic (exact) mass is 340 g/mol. The van der Waals surface area contributed by atoms with E-state index in [4.69, 9.17) is 34.8 Å². The molecule has 0 saturated carbocycles. The van der Waals surface area contributed by atoms with Gasteiger partial charge in [-0.1, -0.05) is 40.9 Å². The minimum Gasteiger partial charge on any atom is -0.231 e. The maximum atomic E-state index is 12.9. The highest BCUT2D eigenvalue weighted by molar-refractivity contribution is 6.35. The average molecular weight is 342 g/mol. The van der Waals surface area contributed by atoms with E-state index in [1.807, 2.05) is 0 Å². The first kappa shape index (κ1) is 15.4. The predicted molar refractivity (Wildman–Crippen MR) is 71.3 cm³/mol. The number of hydrogen-bond donors (Lipinski definition) is 0. The molecule has 0 N–H and O–H groups in total. The fourth-order valence-corrected chi connectivity index (χ4v) is 2.32. The van der Waals surface area contributed by atoms with Crippen molar-refractivity contribution in [3.8, 4) is 0 Å². The van der Waals surface area contributed by atoms with Gasteiger partial charge < -0.3 is 0 Å². The van der Waals surface area contributed by atoms with Gasteiger partial charge in [-0.2, -0.15) is 13.2 Å². The minimum atomic E-state index is -4.61. The zero-order valence-corrected chi connectivity index (χ0v) is 11.9. The molecule has 2 aromatic rings. The molecule has 0 spiro atoms. The number of rotatable bonds is 2. The summed E-state index contributed by atoms with van der Waals surface area (Å²) in [5, 5.41) is 0.397. The number of alkyl halides is 3. The lowest BCUT2D eigenvalue weighted by Gasteiger charge is -2.13. The van der Waals surface area contributed by atoms with E-state index in [0.29, 0.717) is 10.6 Å². The number of benzene rings is 1. The van der Waals surface area contributed by atoms with Crippen LogP contribution in [0.2, 0.25) is 15.2 Å². The Morgan fingerprint density at radius 1 is 1.05 bits per heavy atom. The van der Waals surface area contributed by atoms with Gasteiger partial charge in [0, 0.05) is 22.0 Å². The first-order chi connectivity index (χ1) is 9.29. The molecule has 8 heteroatoms. The molecule has 1 heterocycles. The maximum Gasteiger partial charge on any atom is 0.433 e. The number of halogens is 6. The van der Waals surface area contributed by atoms with Crippen molar-refractivity contribution in [3.63, 3.8) is 0 Å². The normalized spacial score (nSPS) is 11.7. The SMILES string of the molecule is FC(F)(F)c1ncnc(Cl)c1Cc1ccc(Cl)cc1Cl. The molecule has 0 fully saturated rings. The maximum absolute atomic E-state index is 12.9. The first-order valence-electron chi connectivity index (χ1n) is 5.29. The molecule has 0 radical (unpaired) electrons. The van der Waals surface area contributed by atoms with Gasteiger partial charge in [0.25, 0.3) is 0 Å². The first-order valence-corrected chi connectivity index (χ1v) is 6.43. The molecular weight excluding hydrogens is 335 g/mol. The average Bonchev–Trinajstić information content (AvgIpc) is 2.33. The second kappa shape index (κ2) is 5.76. The van der Waals surface area contributed by atoms with E-state index in [1.165, 1.54) is 18.2 Å². The van der Waals surface area contributed by atoms with Crippen LogP contribution < -0.4 is 0 Å². The fraction of sp³-hybridized carbons (Fsp3) is 0.167. The molecular formula is C12H6Cl3F3N2. The molecule has 1 aromatic heterocycles. The zero-order chi connectivity index (χ0) is 14.9. The van der Waals surface area contributed by atoms with Crippen molar-refractivity contribution in [1.29, 1.82) is 0 Å². The van der Waals surface area contributed by atoms with E-state index in [2.05, 4.69) is 9.97 Å². The molecule has 20 heavy (non-hydrogen) atoms. The molecule has 0 atom stereocenters. The van der Waals surface area contributed by atoms with Crippen molar-refractivity contribution in [2.75, 3.05) is 0 Å². The summed E-state index contributed by atoms with van der Waals surface area (Å²) >= 11 is 17.4. The van der Waals surface area contributed by atoms with Crippen LogP contribution in [0.1, 0.15) is 16.8 Å². The molecule has 106 valence electrons. The fourth-order valence-electron chi connectivity index (χ4n) is 1.65. The molecule has 2 nitrogen and oxygen atoms in total. The Bertz CT molecular complexity index is 644. The van der Waals surface area contributed by atoms with Gasteiger partial charge in [-0.15, -0.1) is 0 Å². The van der Waals surface area contributed by atoms with Crippen LogP contribution in [0.15, 0.2) is 24.5 Å². The van der Waals surface area contributed by atoms with Gasteiger partial charge in [-0.3, -0.25) is 0 Å². The Balaban J connectivity index is 2.48. The van der Waals surface area contributed by atoms with E-state index >= 15 is 0 Å². The number of aromatic nitrogens is 2. The highest BCUT2D eigenvalue weighted by Crippen LogP contribution is 2.34. The molecule has 0 aliphatic carbocycles. The molecule has 0 aliphatic heterocycles. The molecule has 0 aliphatic rings. The largest absolute Gasteiger partial charge is 0.433 e. The van der Waals surface area contributed by atoms with Crippen molar-refractivity contribution >= 4 is 34.8 Å². The number of nitrogens with zero attached hydrogens (tertiary/aromatic N) is 2. The molecule has 2 rings (SSSR count). The van der Waals surface area contributed by atoms with Gasteiger partial charge in [0.05, 0.1) is 0 Å². The molecule has 0 saturated heterocycles. The third kappa shape index (κ3) is 3.34. The Labute approximate surface area is 127 Å². The van der Waals surface area contributed by atoms with Crippen LogP contribution in [0.3, 0.4) is 0 Å². The van der Waals surface area contributed by atoms with E-state index in [0.717, 1.165) is 6.33 Å². The van der Waals surface area contributed by atoms with E-state index < -0.39 is 11.9 Å². The second-order valence-corrected chi connectivity index (χ2v) is 5.10. The van der Waals surface area contributed by atoms with Crippen LogP contribution in [0.4, 0.5) is 13.2 Å². The van der Waals surface area contributed by atoms with Crippen molar-refractivity contribution in [1.82, 2.24) is 9.97 Å².